The number of carbonyl (C=O) groups is 2. The van der Waals surface area contributed by atoms with Gasteiger partial charge < -0.3 is 34.1 Å². The third kappa shape index (κ3) is 8.16. The normalized spacial score (nSPS) is 20.1. The number of hydrogen-bond donors (Lipinski definition) is 2. The Morgan fingerprint density at radius 1 is 0.980 bits per heavy atom. The van der Waals surface area contributed by atoms with Gasteiger partial charge in [-0.2, -0.15) is 0 Å². The van der Waals surface area contributed by atoms with Gasteiger partial charge in [-0.05, 0) is 84.9 Å². The van der Waals surface area contributed by atoms with Crippen molar-refractivity contribution in [2.75, 3.05) is 52.4 Å². The molecule has 0 radical (unpaired) electrons. The first-order valence-corrected chi connectivity index (χ1v) is 17.5. The number of allylic oxidation sites excluding steroid dienone is 1. The number of aromatic hydroxyl groups is 1. The zero-order valence-electron chi connectivity index (χ0n) is 28.7. The summed E-state index contributed by atoms with van der Waals surface area (Å²) in [6, 6.07) is 16.9. The minimum atomic E-state index is -0.768. The molecule has 7 rings (SSSR count). The molecule has 11 nitrogen and oxygen atoms in total. The predicted molar refractivity (Wildman–Crippen MR) is 194 cm³/mol. The predicted octanol–water partition coefficient (Wildman–Crippen LogP) is 7.12. The molecule has 51 heavy (non-hydrogen) atoms. The molecule has 4 aliphatic heterocycles. The number of ether oxygens (including phenoxy) is 5. The molecule has 1 amide bonds. The van der Waals surface area contributed by atoms with Crippen LogP contribution in [0.1, 0.15) is 46.9 Å². The fraction of sp³-hybridized carbons (Fsp3) is 0.368. The van der Waals surface area contributed by atoms with Gasteiger partial charge in [0.15, 0.2) is 23.0 Å². The fourth-order valence-corrected chi connectivity index (χ4v) is 7.35. The van der Waals surface area contributed by atoms with E-state index in [9.17, 15) is 14.7 Å². The van der Waals surface area contributed by atoms with E-state index in [2.05, 4.69) is 10.2 Å². The van der Waals surface area contributed by atoms with E-state index in [1.165, 1.54) is 25.2 Å². The van der Waals surface area contributed by atoms with Gasteiger partial charge in [-0.1, -0.05) is 47.5 Å². The van der Waals surface area contributed by atoms with Crippen molar-refractivity contribution in [1.82, 2.24) is 10.2 Å². The minimum absolute atomic E-state index is 0.0921. The first kappa shape index (κ1) is 36.2. The average molecular weight is 739 g/mol. The summed E-state index contributed by atoms with van der Waals surface area (Å²) in [6.07, 6.45) is 2.33. The lowest BCUT2D eigenvalue weighted by Gasteiger charge is -2.44. The molecular weight excluding hydrogens is 697 g/mol. The van der Waals surface area contributed by atoms with Crippen LogP contribution in [0.2, 0.25) is 0 Å². The second-order valence-corrected chi connectivity index (χ2v) is 13.5. The number of halogens is 2. The molecule has 2 bridgehead atoms. The van der Waals surface area contributed by atoms with Gasteiger partial charge in [-0.25, -0.2) is 9.59 Å². The second kappa shape index (κ2) is 16.2. The van der Waals surface area contributed by atoms with Crippen LogP contribution in [-0.4, -0.2) is 75.7 Å². The third-order valence-electron chi connectivity index (χ3n) is 9.59. The molecule has 3 fully saturated rings. The lowest BCUT2D eigenvalue weighted by Crippen LogP contribution is -2.53. The van der Waals surface area contributed by atoms with Crippen LogP contribution >= 0.6 is 23.2 Å². The number of esters is 1. The Bertz CT molecular complexity index is 1810. The Morgan fingerprint density at radius 2 is 1.73 bits per heavy atom. The summed E-state index contributed by atoms with van der Waals surface area (Å²) in [6.45, 7) is 3.22. The van der Waals surface area contributed by atoms with Gasteiger partial charge in [0.2, 0.25) is 0 Å². The number of methoxy groups -OCH3 is 3. The molecule has 0 spiro atoms. The Morgan fingerprint density at radius 3 is 2.37 bits per heavy atom. The van der Waals surface area contributed by atoms with Gasteiger partial charge in [0.05, 0.1) is 50.7 Å². The molecule has 13 heteroatoms. The number of piperidine rings is 3. The molecule has 3 aromatic rings. The summed E-state index contributed by atoms with van der Waals surface area (Å²) >= 11 is 13.0. The molecule has 0 aromatic heterocycles. The molecule has 2 N–H and O–H groups in total. The van der Waals surface area contributed by atoms with Crippen LogP contribution in [0, 0.1) is 5.92 Å². The monoisotopic (exact) mass is 737 g/mol. The number of amides is 1. The molecule has 4 aliphatic rings. The number of benzene rings is 3. The zero-order valence-corrected chi connectivity index (χ0v) is 30.2. The van der Waals surface area contributed by atoms with Crippen LogP contribution in [0.5, 0.6) is 23.0 Å². The highest BCUT2D eigenvalue weighted by Crippen LogP contribution is 2.40. The number of rotatable bonds is 12. The van der Waals surface area contributed by atoms with Crippen LogP contribution in [-0.2, 0) is 16.0 Å². The Labute approximate surface area is 307 Å². The molecule has 270 valence electrons. The topological polar surface area (TPSA) is 119 Å². The first-order chi connectivity index (χ1) is 24.7. The minimum Gasteiger partial charge on any atom is -0.504 e. The van der Waals surface area contributed by atoms with E-state index in [1.807, 2.05) is 0 Å². The van der Waals surface area contributed by atoms with E-state index in [-0.39, 0.29) is 30.6 Å². The number of para-hydroxylation sites is 1. The van der Waals surface area contributed by atoms with E-state index in [0.717, 1.165) is 25.9 Å². The van der Waals surface area contributed by atoms with Crippen molar-refractivity contribution in [2.24, 2.45) is 5.92 Å². The molecule has 3 aromatic carbocycles. The van der Waals surface area contributed by atoms with Crippen molar-refractivity contribution in [2.45, 2.75) is 38.0 Å². The number of dihydropyridines is 1. The summed E-state index contributed by atoms with van der Waals surface area (Å²) in [4.78, 5) is 31.2. The van der Waals surface area contributed by atoms with E-state index in [4.69, 9.17) is 46.9 Å². The quantitative estimate of drug-likeness (QED) is 0.186. The van der Waals surface area contributed by atoms with Gasteiger partial charge in [-0.3, -0.25) is 9.80 Å². The highest BCUT2D eigenvalue weighted by molar-refractivity contribution is 6.36. The van der Waals surface area contributed by atoms with E-state index >= 15 is 0 Å². The second-order valence-electron chi connectivity index (χ2n) is 12.6. The molecular formula is C38H41Cl2N3O8. The van der Waals surface area contributed by atoms with Gasteiger partial charge in [0.25, 0.3) is 0 Å². The molecule has 0 unspecified atom stereocenters. The summed E-state index contributed by atoms with van der Waals surface area (Å²) in [5.74, 6) is 0.811. The van der Waals surface area contributed by atoms with Gasteiger partial charge in [0.1, 0.15) is 12.2 Å². The number of nitrogens with zero attached hydrogens (tertiary/aromatic N) is 2. The third-order valence-corrected chi connectivity index (χ3v) is 10.3. The first-order valence-electron chi connectivity index (χ1n) is 16.7. The summed E-state index contributed by atoms with van der Waals surface area (Å²) in [5, 5.41) is 14.5. The number of nitrogens with one attached hydrogen (secondary N) is 1. The van der Waals surface area contributed by atoms with Gasteiger partial charge >= 0.3 is 12.1 Å². The van der Waals surface area contributed by atoms with Crippen molar-refractivity contribution in [3.63, 3.8) is 0 Å². The molecule has 0 aliphatic carbocycles. The molecule has 2 atom stereocenters. The standard InChI is InChI=1S/C38H41Cl2N3O8/c1-47-32-12-11-26(17-34(32)48-2)33(18-27-28(39)19-41-20-29(27)40)50-37(45)25-9-7-23(8-10-25)21-43(30-5-4-6-31(44)36(30)49-3)38(46)51-35-22-42-15-13-24(35)14-16-42/h4-12,17,19,24,33,35,41,44H,13-16,18,20-22H2,1-3H3/t33-,35-/m0/s1. The van der Waals surface area contributed by atoms with Crippen LogP contribution < -0.4 is 24.4 Å². The lowest BCUT2D eigenvalue weighted by atomic mass is 9.86. The summed E-state index contributed by atoms with van der Waals surface area (Å²) in [5.41, 5.74) is 2.70. The van der Waals surface area contributed by atoms with Crippen LogP contribution in [0.4, 0.5) is 10.5 Å². The maximum absolute atomic E-state index is 13.8. The fourth-order valence-electron chi connectivity index (χ4n) is 6.77. The van der Waals surface area contributed by atoms with Crippen molar-refractivity contribution in [3.05, 3.63) is 99.2 Å². The van der Waals surface area contributed by atoms with Crippen LogP contribution in [0.25, 0.3) is 0 Å². The number of anilines is 1. The van der Waals surface area contributed by atoms with Gasteiger partial charge in [0, 0.05) is 24.2 Å². The maximum Gasteiger partial charge on any atom is 0.415 e. The summed E-state index contributed by atoms with van der Waals surface area (Å²) in [7, 11) is 4.51. The number of phenolic OH excluding ortho intramolecular Hbond substituents is 1. The number of hydrogen-bond acceptors (Lipinski definition) is 10. The van der Waals surface area contributed by atoms with Crippen molar-refractivity contribution in [1.29, 1.82) is 0 Å². The number of phenols is 1. The van der Waals surface area contributed by atoms with Crippen molar-refractivity contribution < 1.29 is 38.4 Å². The lowest BCUT2D eigenvalue weighted by molar-refractivity contribution is -0.0311. The highest BCUT2D eigenvalue weighted by Gasteiger charge is 2.38. The largest absolute Gasteiger partial charge is 0.504 e. The molecule has 4 heterocycles. The molecule has 3 saturated heterocycles. The van der Waals surface area contributed by atoms with Gasteiger partial charge in [-0.15, -0.1) is 0 Å². The SMILES string of the molecule is COc1ccc([C@H](CC2=C(Cl)CNC=C2Cl)OC(=O)c2ccc(CN(C(=O)O[C@H]3CN4CCC3CC4)c3cccc(O)c3OC)cc2)cc1OC. The van der Waals surface area contributed by atoms with Crippen molar-refractivity contribution >= 4 is 41.0 Å². The van der Waals surface area contributed by atoms with Crippen LogP contribution in [0.3, 0.4) is 0 Å². The Balaban J connectivity index is 1.23. The van der Waals surface area contributed by atoms with Crippen LogP contribution in [0.15, 0.2) is 82.5 Å². The number of carbonyl (C=O) groups excluding carboxylic acids is 2. The average Bonchev–Trinajstić information content (AvgIpc) is 3.15. The maximum atomic E-state index is 13.8. The van der Waals surface area contributed by atoms with Crippen molar-refractivity contribution in [3.8, 4) is 23.0 Å². The highest BCUT2D eigenvalue weighted by atomic mass is 35.5. The summed E-state index contributed by atoms with van der Waals surface area (Å²) < 4.78 is 28.6. The van der Waals surface area contributed by atoms with E-state index in [0.29, 0.717) is 68.5 Å². The number of fused-ring (bicyclic) bond motifs is 3. The smallest absolute Gasteiger partial charge is 0.415 e. The Kier molecular flexibility index (Phi) is 11.5. The van der Waals surface area contributed by atoms with E-state index in [1.54, 1.807) is 67.9 Å². The molecule has 0 saturated carbocycles. The van der Waals surface area contributed by atoms with E-state index < -0.39 is 18.2 Å². The zero-order chi connectivity index (χ0) is 36.1. The Hall–Kier alpha value is -4.58.